The van der Waals surface area contributed by atoms with Crippen molar-refractivity contribution in [3.05, 3.63) is 47.5 Å². The van der Waals surface area contributed by atoms with Crippen LogP contribution in [0.1, 0.15) is 89.7 Å². The zero-order valence-electron chi connectivity index (χ0n) is 28.5. The van der Waals surface area contributed by atoms with Crippen molar-refractivity contribution >= 4 is 25.1 Å². The number of carbonyl (C=O) groups is 3. The molecule has 1 N–H and O–H groups in total. The van der Waals surface area contributed by atoms with Gasteiger partial charge in [0.2, 0.25) is 5.91 Å². The Morgan fingerprint density at radius 1 is 1.00 bits per heavy atom. The van der Waals surface area contributed by atoms with Crippen LogP contribution in [-0.2, 0) is 31.9 Å². The molecule has 2 bridgehead atoms. The lowest BCUT2D eigenvalue weighted by atomic mass is 9.43. The topological polar surface area (TPSA) is 101 Å². The highest BCUT2D eigenvalue weighted by Crippen LogP contribution is 2.65. The van der Waals surface area contributed by atoms with Crippen LogP contribution < -0.4 is 5.32 Å². The summed E-state index contributed by atoms with van der Waals surface area (Å²) < 4.78 is 19.5. The van der Waals surface area contributed by atoms with Gasteiger partial charge in [-0.3, -0.25) is 9.69 Å². The normalized spacial score (nSPS) is 36.3. The van der Waals surface area contributed by atoms with E-state index in [1.165, 1.54) is 0 Å². The van der Waals surface area contributed by atoms with Crippen LogP contribution >= 0.6 is 0 Å². The lowest BCUT2D eigenvalue weighted by Crippen LogP contribution is -2.65. The van der Waals surface area contributed by atoms with Crippen molar-refractivity contribution in [2.24, 2.45) is 17.3 Å². The van der Waals surface area contributed by atoms with Gasteiger partial charge in [0.25, 0.3) is 0 Å². The van der Waals surface area contributed by atoms with Crippen molar-refractivity contribution in [2.75, 3.05) is 20.1 Å². The predicted octanol–water partition coefficient (Wildman–Crippen LogP) is 5.30. The van der Waals surface area contributed by atoms with Gasteiger partial charge in [0.15, 0.2) is 0 Å². The van der Waals surface area contributed by atoms with E-state index in [0.29, 0.717) is 31.5 Å². The number of nitrogens with zero attached hydrogens (tertiary/aromatic N) is 3. The molecule has 254 valence electrons. The van der Waals surface area contributed by atoms with Gasteiger partial charge in [-0.25, -0.2) is 9.59 Å². The highest BCUT2D eigenvalue weighted by molar-refractivity contribution is 6.47. The fourth-order valence-electron chi connectivity index (χ4n) is 9.28. The van der Waals surface area contributed by atoms with Crippen molar-refractivity contribution in [1.82, 2.24) is 20.0 Å². The summed E-state index contributed by atoms with van der Waals surface area (Å²) in [6.07, 6.45) is 11.5. The number of nitrogens with one attached hydrogen (secondary N) is 1. The maximum absolute atomic E-state index is 14.2. The third-order valence-electron chi connectivity index (χ3n) is 12.3. The molecule has 1 aromatic carbocycles. The first kappa shape index (κ1) is 32.5. The second-order valence-corrected chi connectivity index (χ2v) is 15.6. The Kier molecular flexibility index (Phi) is 8.83. The molecule has 7 aliphatic rings. The van der Waals surface area contributed by atoms with Crippen LogP contribution in [0.4, 0.5) is 9.59 Å². The molecule has 4 amide bonds. The van der Waals surface area contributed by atoms with Gasteiger partial charge in [0.1, 0.15) is 12.1 Å². The zero-order chi connectivity index (χ0) is 32.9. The number of ether oxygens (including phenoxy) is 1. The van der Waals surface area contributed by atoms with E-state index in [1.807, 2.05) is 30.3 Å². The SMILES string of the molecule is CN1C/C=C/CCCCCC[C@@H](B2OC3C[C@H]4C[C@H](C4(C)C)[C@@]3(C)O2)NC(=O)[C@@H]2C[C@@H](OC(=O)N3Cc4ccccc4C3)CN2C1=O. The van der Waals surface area contributed by atoms with Gasteiger partial charge >= 0.3 is 19.2 Å². The molecule has 10 nitrogen and oxygen atoms in total. The summed E-state index contributed by atoms with van der Waals surface area (Å²) >= 11 is 0. The molecule has 2 saturated heterocycles. The maximum Gasteiger partial charge on any atom is 0.481 e. The van der Waals surface area contributed by atoms with Gasteiger partial charge in [0, 0.05) is 33.1 Å². The third-order valence-corrected chi connectivity index (χ3v) is 12.3. The molecule has 7 atom stereocenters. The van der Waals surface area contributed by atoms with Crippen LogP contribution in [0.15, 0.2) is 36.4 Å². The van der Waals surface area contributed by atoms with Crippen molar-refractivity contribution in [3.63, 3.8) is 0 Å². The van der Waals surface area contributed by atoms with Crippen molar-refractivity contribution in [2.45, 2.75) is 121 Å². The highest BCUT2D eigenvalue weighted by Gasteiger charge is 2.68. The van der Waals surface area contributed by atoms with E-state index in [-0.39, 0.29) is 48.0 Å². The molecule has 8 rings (SSSR count). The van der Waals surface area contributed by atoms with Gasteiger partial charge < -0.3 is 29.2 Å². The van der Waals surface area contributed by atoms with Crippen LogP contribution in [0, 0.1) is 17.3 Å². The summed E-state index contributed by atoms with van der Waals surface area (Å²) in [6, 6.07) is 6.97. The number of hydrogen-bond donors (Lipinski definition) is 1. The summed E-state index contributed by atoms with van der Waals surface area (Å²) in [5.74, 6) is 0.481. The van der Waals surface area contributed by atoms with Crippen molar-refractivity contribution in [1.29, 1.82) is 0 Å². The first-order chi connectivity index (χ1) is 22.5. The second kappa shape index (κ2) is 12.8. The molecule has 11 heteroatoms. The van der Waals surface area contributed by atoms with Crippen molar-refractivity contribution < 1.29 is 28.4 Å². The highest BCUT2D eigenvalue weighted by atomic mass is 16.7. The molecule has 0 spiro atoms. The van der Waals surface area contributed by atoms with E-state index in [9.17, 15) is 14.4 Å². The van der Waals surface area contributed by atoms with Crippen LogP contribution in [0.25, 0.3) is 0 Å². The Morgan fingerprint density at radius 2 is 1.74 bits per heavy atom. The molecule has 3 aliphatic carbocycles. The molecule has 0 radical (unpaired) electrons. The largest absolute Gasteiger partial charge is 0.481 e. The van der Waals surface area contributed by atoms with Crippen LogP contribution in [0.5, 0.6) is 0 Å². The van der Waals surface area contributed by atoms with E-state index in [1.54, 1.807) is 21.7 Å². The average Bonchev–Trinajstić information content (AvgIpc) is 3.76. The molecule has 4 heterocycles. The minimum absolute atomic E-state index is 0.0204. The molecule has 4 aliphatic heterocycles. The molecular formula is C36H51BN4O6. The van der Waals surface area contributed by atoms with E-state index >= 15 is 0 Å². The number of fused-ring (bicyclic) bond motifs is 2. The first-order valence-electron chi connectivity index (χ1n) is 17.9. The van der Waals surface area contributed by atoms with Gasteiger partial charge in [-0.15, -0.1) is 0 Å². The fourth-order valence-corrected chi connectivity index (χ4v) is 9.28. The first-order valence-corrected chi connectivity index (χ1v) is 17.9. The fraction of sp³-hybridized carbons (Fsp3) is 0.694. The third kappa shape index (κ3) is 6.07. The van der Waals surface area contributed by atoms with Gasteiger partial charge in [-0.1, -0.05) is 69.5 Å². The Morgan fingerprint density at radius 3 is 2.49 bits per heavy atom. The van der Waals surface area contributed by atoms with E-state index in [0.717, 1.165) is 62.5 Å². The molecule has 5 fully saturated rings. The minimum Gasteiger partial charge on any atom is -0.444 e. The van der Waals surface area contributed by atoms with Crippen LogP contribution in [0.3, 0.4) is 0 Å². The summed E-state index contributed by atoms with van der Waals surface area (Å²) in [5.41, 5.74) is 2.07. The molecular weight excluding hydrogens is 595 g/mol. The average molecular weight is 647 g/mol. The lowest BCUT2D eigenvalue weighted by molar-refractivity contribution is -0.199. The number of hydrogen-bond acceptors (Lipinski definition) is 6. The number of likely N-dealkylation sites (N-methyl/N-ethyl adjacent to an activating group) is 1. The summed E-state index contributed by atoms with van der Waals surface area (Å²) in [7, 11) is 1.22. The number of benzene rings is 1. The number of amides is 4. The predicted molar refractivity (Wildman–Crippen MR) is 178 cm³/mol. The Balaban J connectivity index is 1.08. The van der Waals surface area contributed by atoms with Crippen LogP contribution in [-0.4, -0.2) is 89.8 Å². The Bertz CT molecular complexity index is 1380. The zero-order valence-corrected chi connectivity index (χ0v) is 28.5. The monoisotopic (exact) mass is 646 g/mol. The number of urea groups is 1. The molecule has 3 saturated carbocycles. The van der Waals surface area contributed by atoms with E-state index in [4.69, 9.17) is 14.0 Å². The summed E-state index contributed by atoms with van der Waals surface area (Å²) in [5, 5.41) is 3.30. The van der Waals surface area contributed by atoms with E-state index < -0.39 is 25.4 Å². The van der Waals surface area contributed by atoms with Gasteiger partial charge in [0.05, 0.1) is 24.2 Å². The number of allylic oxidation sites excluding steroid dienone is 1. The Hall–Kier alpha value is -3.05. The van der Waals surface area contributed by atoms with Gasteiger partial charge in [-0.2, -0.15) is 0 Å². The number of rotatable bonds is 2. The molecule has 0 aromatic heterocycles. The number of carbonyl (C=O) groups excluding carboxylic acids is 3. The maximum atomic E-state index is 14.2. The summed E-state index contributed by atoms with van der Waals surface area (Å²) in [6.45, 7) is 8.50. The molecule has 47 heavy (non-hydrogen) atoms. The van der Waals surface area contributed by atoms with E-state index in [2.05, 4.69) is 32.2 Å². The standard InChI is InChI=1S/C36H51BN4O6/c1-35(2)26-18-29(35)36(3)30(19-26)46-37(47-36)31-16-10-8-6-5-7-9-13-17-39(4)33(43)41-23-27(20-28(41)32(42)38-31)45-34(44)40-21-24-14-11-12-15-25(24)22-40/h9,11-15,26-31H,5-8,10,16-23H2,1-4H3,(H,38,42)/b13-9+/t26-,27-,28+,29-,30?,31+,36-/m1/s1. The van der Waals surface area contributed by atoms with Crippen LogP contribution in [0.2, 0.25) is 0 Å². The van der Waals surface area contributed by atoms with Gasteiger partial charge in [-0.05, 0) is 67.4 Å². The van der Waals surface area contributed by atoms with Crippen molar-refractivity contribution in [3.8, 4) is 0 Å². The quantitative estimate of drug-likeness (QED) is 0.346. The minimum atomic E-state index is -0.774. The molecule has 1 unspecified atom stereocenters. The molecule has 1 aromatic rings. The lowest BCUT2D eigenvalue weighted by Gasteiger charge is -2.64. The smallest absolute Gasteiger partial charge is 0.444 e. The second-order valence-electron chi connectivity index (χ2n) is 15.6. The Labute approximate surface area is 279 Å². The summed E-state index contributed by atoms with van der Waals surface area (Å²) in [4.78, 5) is 46.2.